The van der Waals surface area contributed by atoms with E-state index in [9.17, 15) is 9.59 Å². The summed E-state index contributed by atoms with van der Waals surface area (Å²) in [7, 11) is 0. The molecule has 0 saturated heterocycles. The van der Waals surface area contributed by atoms with Crippen molar-refractivity contribution in [2.75, 3.05) is 4.90 Å². The molecule has 0 radical (unpaired) electrons. The highest BCUT2D eigenvalue weighted by atomic mass is 32.1. The maximum absolute atomic E-state index is 12.3. The maximum atomic E-state index is 12.3. The van der Waals surface area contributed by atoms with E-state index in [0.717, 1.165) is 16.8 Å². The molecule has 0 aliphatic carbocycles. The monoisotopic (exact) mass is 380 g/mol. The van der Waals surface area contributed by atoms with Gasteiger partial charge in [-0.25, -0.2) is 4.98 Å². The summed E-state index contributed by atoms with van der Waals surface area (Å²) < 4.78 is 5.32. The molecule has 3 rings (SSSR count). The second kappa shape index (κ2) is 7.72. The van der Waals surface area contributed by atoms with E-state index in [1.807, 2.05) is 37.4 Å². The highest BCUT2D eigenvalue weighted by molar-refractivity contribution is 7.14. The summed E-state index contributed by atoms with van der Waals surface area (Å²) in [5.41, 5.74) is 3.46. The van der Waals surface area contributed by atoms with Crippen molar-refractivity contribution in [1.82, 2.24) is 4.98 Å². The number of aromatic nitrogens is 1. The molecule has 0 aliphatic heterocycles. The van der Waals surface area contributed by atoms with Crippen molar-refractivity contribution >= 4 is 39.9 Å². The molecule has 138 valence electrons. The van der Waals surface area contributed by atoms with Crippen LogP contribution in [0.5, 0.6) is 0 Å². The van der Waals surface area contributed by atoms with Crippen LogP contribution in [0, 0.1) is 20.8 Å². The molecule has 2 heterocycles. The summed E-state index contributed by atoms with van der Waals surface area (Å²) in [5.74, 6) is 0.642. The van der Waals surface area contributed by atoms with E-state index in [4.69, 9.17) is 4.42 Å². The van der Waals surface area contributed by atoms with Gasteiger partial charge < -0.3 is 4.42 Å². The zero-order valence-electron chi connectivity index (χ0n) is 15.6. The molecule has 0 atom stereocenters. The van der Waals surface area contributed by atoms with Gasteiger partial charge in [0.1, 0.15) is 5.76 Å². The van der Waals surface area contributed by atoms with Crippen molar-refractivity contribution in [3.8, 4) is 0 Å². The molecule has 3 aromatic rings. The topological polar surface area (TPSA) is 63.4 Å². The van der Waals surface area contributed by atoms with E-state index < -0.39 is 0 Å². The first-order chi connectivity index (χ1) is 12.9. The fourth-order valence-electron chi connectivity index (χ4n) is 2.81. The molecule has 1 amide bonds. The van der Waals surface area contributed by atoms with Gasteiger partial charge in [-0.15, -0.1) is 11.3 Å². The van der Waals surface area contributed by atoms with E-state index in [1.165, 1.54) is 24.3 Å². The van der Waals surface area contributed by atoms with Crippen LogP contribution in [0.4, 0.5) is 10.8 Å². The first-order valence-corrected chi connectivity index (χ1v) is 9.36. The van der Waals surface area contributed by atoms with E-state index in [-0.39, 0.29) is 11.7 Å². The number of furan rings is 1. The first-order valence-electron chi connectivity index (χ1n) is 8.48. The lowest BCUT2D eigenvalue weighted by Gasteiger charge is -2.22. The van der Waals surface area contributed by atoms with Crippen molar-refractivity contribution in [2.24, 2.45) is 0 Å². The number of allylic oxidation sites excluding steroid dienone is 1. The second-order valence-electron chi connectivity index (χ2n) is 6.26. The fraction of sp³-hybridized carbons (Fsp3) is 0.190. The van der Waals surface area contributed by atoms with Gasteiger partial charge in [-0.2, -0.15) is 0 Å². The maximum Gasteiger partial charge on any atom is 0.230 e. The van der Waals surface area contributed by atoms with E-state index in [1.54, 1.807) is 30.0 Å². The lowest BCUT2D eigenvalue weighted by molar-refractivity contribution is -0.115. The van der Waals surface area contributed by atoms with Gasteiger partial charge in [0, 0.05) is 12.3 Å². The third-order valence-electron chi connectivity index (χ3n) is 4.07. The quantitative estimate of drug-likeness (QED) is 0.448. The molecule has 0 unspecified atom stereocenters. The van der Waals surface area contributed by atoms with Gasteiger partial charge in [-0.05, 0) is 56.2 Å². The minimum absolute atomic E-state index is 0.112. The molecular formula is C21H20N2O3S. The van der Waals surface area contributed by atoms with Crippen molar-refractivity contribution in [1.29, 1.82) is 0 Å². The normalized spacial score (nSPS) is 11.1. The number of ketones is 1. The predicted octanol–water partition coefficient (Wildman–Crippen LogP) is 5.24. The summed E-state index contributed by atoms with van der Waals surface area (Å²) >= 11 is 1.36. The average Bonchev–Trinajstić information content (AvgIpc) is 3.25. The summed E-state index contributed by atoms with van der Waals surface area (Å²) in [4.78, 5) is 30.6. The molecular weight excluding hydrogens is 360 g/mol. The fourth-order valence-corrected chi connectivity index (χ4v) is 3.65. The van der Waals surface area contributed by atoms with Crippen LogP contribution < -0.4 is 4.90 Å². The number of carbonyl (C=O) groups excluding carboxylic acids is 2. The van der Waals surface area contributed by atoms with E-state index >= 15 is 0 Å². The minimum atomic E-state index is -0.226. The molecule has 0 spiro atoms. The molecule has 1 aromatic carbocycles. The molecule has 0 N–H and O–H groups in total. The van der Waals surface area contributed by atoms with Crippen LogP contribution in [0.2, 0.25) is 0 Å². The molecule has 0 fully saturated rings. The van der Waals surface area contributed by atoms with Gasteiger partial charge in [0.15, 0.2) is 10.9 Å². The number of carbonyl (C=O) groups is 2. The van der Waals surface area contributed by atoms with Crippen molar-refractivity contribution in [2.45, 2.75) is 27.7 Å². The van der Waals surface area contributed by atoms with E-state index in [0.29, 0.717) is 22.3 Å². The Hall–Kier alpha value is -2.99. The SMILES string of the molecule is CC(=O)N(c1nc(/C=C/C(=O)c2ccc(C)o2)cs1)c1c(C)cccc1C. The highest BCUT2D eigenvalue weighted by Crippen LogP contribution is 2.33. The van der Waals surface area contributed by atoms with Crippen molar-refractivity contribution in [3.05, 3.63) is 70.1 Å². The number of aryl methyl sites for hydroxylation is 3. The van der Waals surface area contributed by atoms with Gasteiger partial charge in [-0.3, -0.25) is 14.5 Å². The standard InChI is InChI=1S/C21H20N2O3S/c1-13-6-5-7-14(2)20(13)23(16(4)24)21-22-17(12-27-21)9-10-18(25)19-11-8-15(3)26-19/h5-12H,1-4H3/b10-9+. The first kappa shape index (κ1) is 18.8. The van der Waals surface area contributed by atoms with Gasteiger partial charge in [0.05, 0.1) is 11.4 Å². The number of amides is 1. The molecule has 5 nitrogen and oxygen atoms in total. The number of nitrogens with zero attached hydrogens (tertiary/aromatic N) is 2. The number of rotatable bonds is 5. The Bertz CT molecular complexity index is 1010. The molecule has 0 bridgehead atoms. The van der Waals surface area contributed by atoms with Gasteiger partial charge in [0.2, 0.25) is 11.7 Å². The third-order valence-corrected chi connectivity index (χ3v) is 4.91. The summed E-state index contributed by atoms with van der Waals surface area (Å²) in [6.07, 6.45) is 3.05. The number of hydrogen-bond donors (Lipinski definition) is 0. The largest absolute Gasteiger partial charge is 0.458 e. The Morgan fingerprint density at radius 1 is 1.11 bits per heavy atom. The Morgan fingerprint density at radius 3 is 2.41 bits per heavy atom. The van der Waals surface area contributed by atoms with Gasteiger partial charge in [0.25, 0.3) is 0 Å². The third kappa shape index (κ3) is 4.06. The molecule has 0 saturated carbocycles. The number of thiazole rings is 1. The highest BCUT2D eigenvalue weighted by Gasteiger charge is 2.21. The lowest BCUT2D eigenvalue weighted by Crippen LogP contribution is -2.24. The summed E-state index contributed by atoms with van der Waals surface area (Å²) in [6, 6.07) is 9.29. The summed E-state index contributed by atoms with van der Waals surface area (Å²) in [5, 5.41) is 2.39. The average molecular weight is 380 g/mol. The molecule has 6 heteroatoms. The van der Waals surface area contributed by atoms with Crippen molar-refractivity contribution < 1.29 is 14.0 Å². The Labute approximate surface area is 162 Å². The van der Waals surface area contributed by atoms with Crippen LogP contribution in [0.1, 0.15) is 40.1 Å². The predicted molar refractivity (Wildman–Crippen MR) is 108 cm³/mol. The molecule has 2 aromatic heterocycles. The number of para-hydroxylation sites is 1. The summed E-state index contributed by atoms with van der Waals surface area (Å²) in [6.45, 7) is 7.25. The Morgan fingerprint density at radius 2 is 1.81 bits per heavy atom. The lowest BCUT2D eigenvalue weighted by atomic mass is 10.1. The zero-order chi connectivity index (χ0) is 19.6. The van der Waals surface area contributed by atoms with Crippen LogP contribution in [0.25, 0.3) is 6.08 Å². The van der Waals surface area contributed by atoms with E-state index in [2.05, 4.69) is 4.98 Å². The Kier molecular flexibility index (Phi) is 5.37. The van der Waals surface area contributed by atoms with Gasteiger partial charge >= 0.3 is 0 Å². The number of anilines is 2. The molecule has 27 heavy (non-hydrogen) atoms. The van der Waals surface area contributed by atoms with Gasteiger partial charge in [-0.1, -0.05) is 18.2 Å². The number of benzene rings is 1. The van der Waals surface area contributed by atoms with Crippen LogP contribution in [-0.4, -0.2) is 16.7 Å². The smallest absolute Gasteiger partial charge is 0.230 e. The second-order valence-corrected chi connectivity index (χ2v) is 7.09. The van der Waals surface area contributed by atoms with Crippen LogP contribution in [0.3, 0.4) is 0 Å². The van der Waals surface area contributed by atoms with Crippen LogP contribution in [-0.2, 0) is 4.79 Å². The molecule has 0 aliphatic rings. The van der Waals surface area contributed by atoms with Crippen LogP contribution in [0.15, 0.2) is 46.2 Å². The Balaban J connectivity index is 1.88. The number of hydrogen-bond acceptors (Lipinski definition) is 5. The van der Waals surface area contributed by atoms with Crippen molar-refractivity contribution in [3.63, 3.8) is 0 Å². The zero-order valence-corrected chi connectivity index (χ0v) is 16.5. The van der Waals surface area contributed by atoms with Crippen LogP contribution >= 0.6 is 11.3 Å². The minimum Gasteiger partial charge on any atom is -0.458 e.